The minimum absolute atomic E-state index is 0.0381. The van der Waals surface area contributed by atoms with E-state index in [2.05, 4.69) is 41.9 Å². The second kappa shape index (κ2) is 7.35. The van der Waals surface area contributed by atoms with Crippen LogP contribution in [0.2, 0.25) is 0 Å². The van der Waals surface area contributed by atoms with E-state index in [4.69, 9.17) is 0 Å². The Hall–Kier alpha value is -1.87. The molecule has 1 aliphatic rings. The maximum absolute atomic E-state index is 12.5. The summed E-state index contributed by atoms with van der Waals surface area (Å²) in [6.07, 6.45) is 0. The summed E-state index contributed by atoms with van der Waals surface area (Å²) in [5, 5.41) is 12.8. The summed E-state index contributed by atoms with van der Waals surface area (Å²) in [4.78, 5) is 12.5. The number of carbonyl (C=O) groups is 1. The molecule has 0 spiro atoms. The Bertz CT molecular complexity index is 645. The zero-order valence-corrected chi connectivity index (χ0v) is 15.0. The molecular formula is C19H27N3O2. The van der Waals surface area contributed by atoms with Crippen molar-refractivity contribution >= 4 is 5.91 Å². The van der Waals surface area contributed by atoms with Gasteiger partial charge in [0.1, 0.15) is 5.60 Å². The maximum Gasteiger partial charge on any atom is 0.251 e. The summed E-state index contributed by atoms with van der Waals surface area (Å²) < 4.78 is 0. The molecule has 4 N–H and O–H groups in total. The first-order valence-electron chi connectivity index (χ1n) is 8.35. The van der Waals surface area contributed by atoms with Crippen LogP contribution in [-0.2, 0) is 0 Å². The molecule has 1 heterocycles. The molecule has 1 aliphatic heterocycles. The molecule has 0 aromatic heterocycles. The molecule has 5 nitrogen and oxygen atoms in total. The van der Waals surface area contributed by atoms with Gasteiger partial charge in [-0.05, 0) is 52.8 Å². The Balaban J connectivity index is 2.08. The van der Waals surface area contributed by atoms with Crippen LogP contribution in [0.15, 0.2) is 24.3 Å². The molecule has 0 saturated carbocycles. The molecule has 3 unspecified atom stereocenters. The largest absolute Gasteiger partial charge is 0.378 e. The molecule has 2 rings (SSSR count). The van der Waals surface area contributed by atoms with Gasteiger partial charge in [0.2, 0.25) is 0 Å². The van der Waals surface area contributed by atoms with Crippen LogP contribution in [-0.4, -0.2) is 34.7 Å². The van der Waals surface area contributed by atoms with E-state index in [1.165, 1.54) is 0 Å². The van der Waals surface area contributed by atoms with Gasteiger partial charge >= 0.3 is 0 Å². The van der Waals surface area contributed by atoms with E-state index in [9.17, 15) is 9.90 Å². The molecular weight excluding hydrogens is 302 g/mol. The molecule has 0 radical (unpaired) electrons. The van der Waals surface area contributed by atoms with E-state index in [1.807, 2.05) is 13.0 Å². The third-order valence-electron chi connectivity index (χ3n) is 4.27. The molecule has 5 heteroatoms. The Morgan fingerprint density at radius 1 is 1.29 bits per heavy atom. The van der Waals surface area contributed by atoms with Crippen molar-refractivity contribution in [1.82, 2.24) is 16.2 Å². The number of nitrogens with one attached hydrogen (secondary N) is 3. The lowest BCUT2D eigenvalue weighted by atomic mass is 9.89. The normalized spacial score (nSPS) is 24.8. The molecule has 0 aliphatic carbocycles. The van der Waals surface area contributed by atoms with Crippen molar-refractivity contribution in [3.8, 4) is 11.8 Å². The number of rotatable bonds is 3. The molecule has 1 fully saturated rings. The summed E-state index contributed by atoms with van der Waals surface area (Å²) in [6.45, 7) is 9.50. The van der Waals surface area contributed by atoms with E-state index in [-0.39, 0.29) is 11.9 Å². The third-order valence-corrected chi connectivity index (χ3v) is 4.27. The predicted molar refractivity (Wildman–Crippen MR) is 95.2 cm³/mol. The van der Waals surface area contributed by atoms with Crippen LogP contribution in [0.1, 0.15) is 50.5 Å². The van der Waals surface area contributed by atoms with Crippen LogP contribution >= 0.6 is 0 Å². The van der Waals surface area contributed by atoms with Crippen molar-refractivity contribution in [1.29, 1.82) is 0 Å². The van der Waals surface area contributed by atoms with Crippen LogP contribution in [0, 0.1) is 17.8 Å². The van der Waals surface area contributed by atoms with E-state index >= 15 is 0 Å². The summed E-state index contributed by atoms with van der Waals surface area (Å²) in [5.41, 5.74) is 6.65. The summed E-state index contributed by atoms with van der Waals surface area (Å²) in [5.74, 6) is 5.86. The van der Waals surface area contributed by atoms with Gasteiger partial charge in [0.15, 0.2) is 0 Å². The van der Waals surface area contributed by atoms with Gasteiger partial charge < -0.3 is 10.4 Å². The maximum atomic E-state index is 12.5. The van der Waals surface area contributed by atoms with Gasteiger partial charge in [0.05, 0.1) is 0 Å². The molecule has 1 aromatic rings. The minimum atomic E-state index is -1.05. The van der Waals surface area contributed by atoms with Gasteiger partial charge in [-0.1, -0.05) is 17.9 Å². The van der Waals surface area contributed by atoms with E-state index in [0.29, 0.717) is 29.1 Å². The average Bonchev–Trinajstić information content (AvgIpc) is 2.84. The fourth-order valence-corrected chi connectivity index (χ4v) is 3.10. The fraction of sp³-hybridized carbons (Fsp3) is 0.526. The highest BCUT2D eigenvalue weighted by molar-refractivity contribution is 5.94. The van der Waals surface area contributed by atoms with Gasteiger partial charge in [-0.2, -0.15) is 0 Å². The lowest BCUT2D eigenvalue weighted by Crippen LogP contribution is -2.44. The summed E-state index contributed by atoms with van der Waals surface area (Å²) in [7, 11) is 0. The second-order valence-electron chi connectivity index (χ2n) is 7.10. The minimum Gasteiger partial charge on any atom is -0.378 e. The molecule has 1 amide bonds. The quantitative estimate of drug-likeness (QED) is 0.633. The number of aliphatic hydroxyl groups is 1. The number of amides is 1. The Kier molecular flexibility index (Phi) is 5.66. The average molecular weight is 329 g/mol. The van der Waals surface area contributed by atoms with Gasteiger partial charge in [-0.3, -0.25) is 15.6 Å². The van der Waals surface area contributed by atoms with E-state index in [1.54, 1.807) is 32.0 Å². The number of hydrogen-bond donors (Lipinski definition) is 4. The van der Waals surface area contributed by atoms with Crippen LogP contribution in [0.3, 0.4) is 0 Å². The predicted octanol–water partition coefficient (Wildman–Crippen LogP) is 1.43. The number of benzene rings is 1. The Morgan fingerprint density at radius 2 is 1.92 bits per heavy atom. The zero-order chi connectivity index (χ0) is 17.9. The number of carbonyl (C=O) groups excluding carboxylic acids is 1. The highest BCUT2D eigenvalue weighted by Crippen LogP contribution is 2.19. The Morgan fingerprint density at radius 3 is 2.50 bits per heavy atom. The van der Waals surface area contributed by atoms with Gasteiger partial charge in [0, 0.05) is 35.2 Å². The first kappa shape index (κ1) is 18.5. The molecule has 0 bridgehead atoms. The molecule has 3 atom stereocenters. The lowest BCUT2D eigenvalue weighted by molar-refractivity contribution is 0.0923. The zero-order valence-electron chi connectivity index (χ0n) is 15.0. The topological polar surface area (TPSA) is 73.4 Å². The summed E-state index contributed by atoms with van der Waals surface area (Å²) in [6, 6.07) is 7.77. The fourth-order valence-electron chi connectivity index (χ4n) is 3.10. The third kappa shape index (κ3) is 4.81. The SMILES string of the molecule is CC1NNC(C)C1C(C)NC(=O)c1cccc(C#CC(C)(C)O)c1. The molecule has 1 saturated heterocycles. The van der Waals surface area contributed by atoms with Crippen LogP contribution in [0.5, 0.6) is 0 Å². The highest BCUT2D eigenvalue weighted by Gasteiger charge is 2.34. The van der Waals surface area contributed by atoms with Crippen LogP contribution in [0.25, 0.3) is 0 Å². The van der Waals surface area contributed by atoms with Gasteiger partial charge in [-0.15, -0.1) is 0 Å². The lowest BCUT2D eigenvalue weighted by Gasteiger charge is -2.26. The summed E-state index contributed by atoms with van der Waals surface area (Å²) >= 11 is 0. The van der Waals surface area contributed by atoms with Crippen LogP contribution < -0.4 is 16.2 Å². The highest BCUT2D eigenvalue weighted by atomic mass is 16.3. The van der Waals surface area contributed by atoms with Crippen molar-refractivity contribution in [3.63, 3.8) is 0 Å². The second-order valence-corrected chi connectivity index (χ2v) is 7.10. The van der Waals surface area contributed by atoms with Crippen molar-refractivity contribution < 1.29 is 9.90 Å². The van der Waals surface area contributed by atoms with Crippen LogP contribution in [0.4, 0.5) is 0 Å². The number of hydrogen-bond acceptors (Lipinski definition) is 4. The molecule has 130 valence electrons. The van der Waals surface area contributed by atoms with E-state index < -0.39 is 5.60 Å². The first-order chi connectivity index (χ1) is 11.2. The first-order valence-corrected chi connectivity index (χ1v) is 8.35. The van der Waals surface area contributed by atoms with Crippen molar-refractivity contribution in [2.75, 3.05) is 0 Å². The Labute approximate surface area is 144 Å². The monoisotopic (exact) mass is 329 g/mol. The molecule has 1 aromatic carbocycles. The van der Waals surface area contributed by atoms with E-state index in [0.717, 1.165) is 0 Å². The van der Waals surface area contributed by atoms with Crippen molar-refractivity contribution in [3.05, 3.63) is 35.4 Å². The number of hydrazine groups is 1. The van der Waals surface area contributed by atoms with Gasteiger partial charge in [-0.25, -0.2) is 0 Å². The van der Waals surface area contributed by atoms with Crippen molar-refractivity contribution in [2.24, 2.45) is 5.92 Å². The van der Waals surface area contributed by atoms with Crippen molar-refractivity contribution in [2.45, 2.75) is 58.3 Å². The molecule has 24 heavy (non-hydrogen) atoms. The van der Waals surface area contributed by atoms with Gasteiger partial charge in [0.25, 0.3) is 5.91 Å². The smallest absolute Gasteiger partial charge is 0.251 e. The standard InChI is InChI=1S/C19H27N3O2/c1-12(17-13(2)21-22-14(17)3)20-18(23)16-8-6-7-15(11-16)9-10-19(4,5)24/h6-8,11-14,17,21-22,24H,1-5H3,(H,20,23).